The highest BCUT2D eigenvalue weighted by molar-refractivity contribution is 7.89. The van der Waals surface area contributed by atoms with Crippen LogP contribution in [0.25, 0.3) is 0 Å². The maximum Gasteiger partial charge on any atom is 0.217 e. The maximum absolute atomic E-state index is 12.1. The van der Waals surface area contributed by atoms with Crippen LogP contribution in [0, 0.1) is 5.92 Å². The summed E-state index contributed by atoms with van der Waals surface area (Å²) in [7, 11) is -3.13. The third kappa shape index (κ3) is 1.89. The van der Waals surface area contributed by atoms with E-state index < -0.39 is 15.6 Å². The Kier molecular flexibility index (Phi) is 3.05. The molecular weight excluding hydrogens is 226 g/mol. The monoisotopic (exact) mass is 247 g/mol. The van der Waals surface area contributed by atoms with E-state index in [-0.39, 0.29) is 24.3 Å². The molecule has 2 aliphatic rings. The second-order valence-electron chi connectivity index (χ2n) is 5.48. The molecule has 5 heteroatoms. The van der Waals surface area contributed by atoms with Crippen molar-refractivity contribution in [1.29, 1.82) is 0 Å². The van der Waals surface area contributed by atoms with E-state index in [0.717, 1.165) is 25.7 Å². The van der Waals surface area contributed by atoms with E-state index in [2.05, 4.69) is 0 Å². The topological polar surface area (TPSA) is 57.6 Å². The van der Waals surface area contributed by atoms with Gasteiger partial charge in [-0.2, -0.15) is 4.31 Å². The first kappa shape index (κ1) is 12.3. The zero-order valence-corrected chi connectivity index (χ0v) is 10.8. The molecule has 2 rings (SSSR count). The Bertz CT molecular complexity index is 351. The third-order valence-electron chi connectivity index (χ3n) is 4.06. The number of hydrogen-bond acceptors (Lipinski definition) is 3. The molecule has 0 spiro atoms. The molecule has 94 valence electrons. The molecule has 0 aromatic carbocycles. The highest BCUT2D eigenvalue weighted by atomic mass is 32.2. The van der Waals surface area contributed by atoms with Crippen LogP contribution in [0.15, 0.2) is 0 Å². The van der Waals surface area contributed by atoms with Gasteiger partial charge in [-0.3, -0.25) is 0 Å². The Morgan fingerprint density at radius 1 is 1.25 bits per heavy atom. The predicted octanol–water partition coefficient (Wildman–Crippen LogP) is 0.962. The number of sulfonamides is 1. The van der Waals surface area contributed by atoms with E-state index in [1.54, 1.807) is 0 Å². The lowest BCUT2D eigenvalue weighted by atomic mass is 9.85. The van der Waals surface area contributed by atoms with E-state index in [1.807, 2.05) is 13.8 Å². The first-order valence-electron chi connectivity index (χ1n) is 6.07. The molecule has 4 nitrogen and oxygen atoms in total. The van der Waals surface area contributed by atoms with Gasteiger partial charge in [-0.25, -0.2) is 8.42 Å². The number of hydrogen-bond donors (Lipinski definition) is 1. The van der Waals surface area contributed by atoms with Gasteiger partial charge in [-0.1, -0.05) is 26.7 Å². The Morgan fingerprint density at radius 3 is 2.19 bits per heavy atom. The lowest BCUT2D eigenvalue weighted by Gasteiger charge is -2.48. The van der Waals surface area contributed by atoms with Crippen molar-refractivity contribution in [2.45, 2.75) is 50.4 Å². The van der Waals surface area contributed by atoms with E-state index >= 15 is 0 Å². The molecule has 0 bridgehead atoms. The number of rotatable bonds is 3. The van der Waals surface area contributed by atoms with Gasteiger partial charge in [0.2, 0.25) is 10.0 Å². The molecule has 1 N–H and O–H groups in total. The molecule has 1 saturated carbocycles. The van der Waals surface area contributed by atoms with Crippen molar-refractivity contribution >= 4 is 10.0 Å². The molecule has 0 radical (unpaired) electrons. The van der Waals surface area contributed by atoms with Crippen LogP contribution in [0.1, 0.15) is 39.5 Å². The minimum absolute atomic E-state index is 0.113. The van der Waals surface area contributed by atoms with Crippen LogP contribution in [0.3, 0.4) is 0 Å². The molecule has 16 heavy (non-hydrogen) atoms. The number of aliphatic hydroxyl groups is 1. The summed E-state index contributed by atoms with van der Waals surface area (Å²) in [5, 5.41) is 9.87. The molecule has 1 aliphatic carbocycles. The summed E-state index contributed by atoms with van der Waals surface area (Å²) in [6, 6.07) is 0. The van der Waals surface area contributed by atoms with Crippen LogP contribution in [-0.2, 0) is 10.0 Å². The van der Waals surface area contributed by atoms with Gasteiger partial charge in [0.15, 0.2) is 0 Å². The van der Waals surface area contributed by atoms with Crippen molar-refractivity contribution in [3.8, 4) is 0 Å². The van der Waals surface area contributed by atoms with Crippen LogP contribution in [0.4, 0.5) is 0 Å². The van der Waals surface area contributed by atoms with Crippen molar-refractivity contribution in [2.24, 2.45) is 5.92 Å². The normalized spacial score (nSPS) is 27.2. The second kappa shape index (κ2) is 3.96. The molecule has 0 amide bonds. The minimum atomic E-state index is -3.13. The van der Waals surface area contributed by atoms with Crippen molar-refractivity contribution < 1.29 is 13.5 Å². The molecule has 0 aromatic rings. The average molecular weight is 247 g/mol. The summed E-state index contributed by atoms with van der Waals surface area (Å²) < 4.78 is 25.7. The van der Waals surface area contributed by atoms with Gasteiger partial charge >= 0.3 is 0 Å². The molecule has 1 heterocycles. The van der Waals surface area contributed by atoms with Gasteiger partial charge < -0.3 is 5.11 Å². The van der Waals surface area contributed by atoms with E-state index in [4.69, 9.17) is 0 Å². The first-order valence-corrected chi connectivity index (χ1v) is 7.58. The second-order valence-corrected chi connectivity index (χ2v) is 7.69. The summed E-state index contributed by atoms with van der Waals surface area (Å²) >= 11 is 0. The summed E-state index contributed by atoms with van der Waals surface area (Å²) in [5.74, 6) is 0.113. The fraction of sp³-hybridized carbons (Fsp3) is 1.00. The smallest absolute Gasteiger partial charge is 0.217 e. The number of β-amino-alcohol motifs (C(OH)–C–C–N with tert-alkyl or cyclic N) is 1. The van der Waals surface area contributed by atoms with Crippen LogP contribution < -0.4 is 0 Å². The van der Waals surface area contributed by atoms with E-state index in [0.29, 0.717) is 0 Å². The molecule has 1 aliphatic heterocycles. The van der Waals surface area contributed by atoms with Gasteiger partial charge in [0.05, 0.1) is 10.9 Å². The number of nitrogens with zero attached hydrogens (tertiary/aromatic N) is 1. The van der Waals surface area contributed by atoms with Gasteiger partial charge in [-0.15, -0.1) is 0 Å². The van der Waals surface area contributed by atoms with Crippen molar-refractivity contribution in [1.82, 2.24) is 4.31 Å². The van der Waals surface area contributed by atoms with E-state index in [1.165, 1.54) is 4.31 Å². The van der Waals surface area contributed by atoms with Crippen molar-refractivity contribution in [3.05, 3.63) is 0 Å². The Hall–Kier alpha value is -0.130. The van der Waals surface area contributed by atoms with Gasteiger partial charge in [0, 0.05) is 13.1 Å². The first-order chi connectivity index (χ1) is 7.36. The third-order valence-corrected chi connectivity index (χ3v) is 6.35. The fourth-order valence-electron chi connectivity index (χ4n) is 2.51. The quantitative estimate of drug-likeness (QED) is 0.808. The van der Waals surface area contributed by atoms with Crippen molar-refractivity contribution in [3.63, 3.8) is 0 Å². The van der Waals surface area contributed by atoms with Crippen LogP contribution in [0.2, 0.25) is 0 Å². The fourth-order valence-corrected chi connectivity index (χ4v) is 4.66. The van der Waals surface area contributed by atoms with Gasteiger partial charge in [0.1, 0.15) is 0 Å². The highest BCUT2D eigenvalue weighted by Crippen LogP contribution is 2.35. The Morgan fingerprint density at radius 2 is 1.75 bits per heavy atom. The summed E-state index contributed by atoms with van der Waals surface area (Å²) in [5.41, 5.74) is -0.800. The molecule has 0 aromatic heterocycles. The van der Waals surface area contributed by atoms with Crippen molar-refractivity contribution in [2.75, 3.05) is 13.1 Å². The molecule has 2 fully saturated rings. The predicted molar refractivity (Wildman–Crippen MR) is 62.5 cm³/mol. The highest BCUT2D eigenvalue weighted by Gasteiger charge is 2.50. The van der Waals surface area contributed by atoms with E-state index in [9.17, 15) is 13.5 Å². The minimum Gasteiger partial charge on any atom is -0.387 e. The molecule has 1 saturated heterocycles. The lowest BCUT2D eigenvalue weighted by molar-refractivity contribution is -0.0935. The van der Waals surface area contributed by atoms with Crippen LogP contribution in [-0.4, -0.2) is 41.8 Å². The maximum atomic E-state index is 12.1. The summed E-state index contributed by atoms with van der Waals surface area (Å²) in [6.07, 6.45) is 3.62. The SMILES string of the molecule is CC(C)C1(O)CN(S(=O)(=O)C2CCCC2)C1. The zero-order valence-electron chi connectivity index (χ0n) is 10.0. The summed E-state index contributed by atoms with van der Waals surface area (Å²) in [6.45, 7) is 4.42. The molecular formula is C11H21NO3S. The van der Waals surface area contributed by atoms with Crippen LogP contribution in [0.5, 0.6) is 0 Å². The zero-order chi connectivity index (χ0) is 12.0. The molecule has 0 unspecified atom stereocenters. The molecule has 0 atom stereocenters. The van der Waals surface area contributed by atoms with Gasteiger partial charge in [0.25, 0.3) is 0 Å². The standard InChI is InChI=1S/C11H21NO3S/c1-9(2)11(13)7-12(8-11)16(14,15)10-5-3-4-6-10/h9-10,13H,3-8H2,1-2H3. The Balaban J connectivity index is 2.01. The van der Waals surface area contributed by atoms with Gasteiger partial charge in [-0.05, 0) is 18.8 Å². The Labute approximate surface area is 97.7 Å². The summed E-state index contributed by atoms with van der Waals surface area (Å²) in [4.78, 5) is 0. The largest absolute Gasteiger partial charge is 0.387 e. The van der Waals surface area contributed by atoms with Crippen LogP contribution >= 0.6 is 0 Å². The lowest BCUT2D eigenvalue weighted by Crippen LogP contribution is -2.66. The average Bonchev–Trinajstić information content (AvgIpc) is 2.65.